The molecule has 1 N–H and O–H groups in total. The maximum Gasteiger partial charge on any atom is 0.251 e. The van der Waals surface area contributed by atoms with Gasteiger partial charge in [0.15, 0.2) is 0 Å². The molecule has 0 radical (unpaired) electrons. The number of rotatable bonds is 8. The van der Waals surface area contributed by atoms with Crippen LogP contribution in [0, 0.1) is 0 Å². The molecule has 0 saturated heterocycles. The molecule has 150 valence electrons. The van der Waals surface area contributed by atoms with Crippen molar-refractivity contribution >= 4 is 5.91 Å². The molecule has 0 bridgehead atoms. The van der Waals surface area contributed by atoms with Gasteiger partial charge in [0, 0.05) is 12.1 Å². The van der Waals surface area contributed by atoms with E-state index in [1.165, 1.54) is 6.33 Å². The van der Waals surface area contributed by atoms with Crippen molar-refractivity contribution in [3.63, 3.8) is 0 Å². The number of carbonyl (C=O) groups excluding carboxylic acids is 1. The van der Waals surface area contributed by atoms with Gasteiger partial charge in [-0.1, -0.05) is 60.7 Å². The first-order valence-corrected chi connectivity index (χ1v) is 9.71. The van der Waals surface area contributed by atoms with Crippen LogP contribution < -0.4 is 10.1 Å². The summed E-state index contributed by atoms with van der Waals surface area (Å²) in [5, 5.41) is 7.09. The smallest absolute Gasteiger partial charge is 0.251 e. The average Bonchev–Trinajstić information content (AvgIpc) is 3.30. The lowest BCUT2D eigenvalue weighted by atomic mass is 10.1. The van der Waals surface area contributed by atoms with Gasteiger partial charge in [-0.25, -0.2) is 9.67 Å². The van der Waals surface area contributed by atoms with Crippen LogP contribution in [0.1, 0.15) is 27.0 Å². The minimum Gasteiger partial charge on any atom is -0.489 e. The van der Waals surface area contributed by atoms with Crippen molar-refractivity contribution < 1.29 is 9.53 Å². The van der Waals surface area contributed by atoms with Gasteiger partial charge >= 0.3 is 0 Å². The first-order valence-electron chi connectivity index (χ1n) is 9.71. The van der Waals surface area contributed by atoms with E-state index in [1.807, 2.05) is 60.7 Å². The van der Waals surface area contributed by atoms with E-state index in [2.05, 4.69) is 21.5 Å². The zero-order chi connectivity index (χ0) is 20.6. The molecular formula is C24H22N4O2. The molecule has 4 rings (SSSR count). The van der Waals surface area contributed by atoms with Crippen LogP contribution in [-0.4, -0.2) is 20.7 Å². The molecule has 0 aliphatic heterocycles. The Bertz CT molecular complexity index is 1100. The van der Waals surface area contributed by atoms with Crippen LogP contribution in [0.2, 0.25) is 0 Å². The summed E-state index contributed by atoms with van der Waals surface area (Å²) in [6, 6.07) is 25.2. The number of hydrogen-bond donors (Lipinski definition) is 1. The summed E-state index contributed by atoms with van der Waals surface area (Å²) < 4.78 is 7.58. The highest BCUT2D eigenvalue weighted by Gasteiger charge is 2.07. The number of amides is 1. The molecule has 1 heterocycles. The minimum atomic E-state index is -0.137. The molecule has 3 aromatic carbocycles. The van der Waals surface area contributed by atoms with E-state index >= 15 is 0 Å². The normalized spacial score (nSPS) is 10.5. The van der Waals surface area contributed by atoms with Gasteiger partial charge in [0.1, 0.15) is 25.0 Å². The number of aromatic nitrogens is 3. The highest BCUT2D eigenvalue weighted by molar-refractivity contribution is 5.94. The summed E-state index contributed by atoms with van der Waals surface area (Å²) >= 11 is 0. The Morgan fingerprint density at radius 2 is 1.70 bits per heavy atom. The first-order chi connectivity index (χ1) is 14.8. The second kappa shape index (κ2) is 9.52. The molecule has 30 heavy (non-hydrogen) atoms. The van der Waals surface area contributed by atoms with Crippen molar-refractivity contribution in [3.8, 4) is 5.75 Å². The van der Waals surface area contributed by atoms with Crippen LogP contribution in [-0.2, 0) is 19.7 Å². The Hall–Kier alpha value is -3.93. The Kier molecular flexibility index (Phi) is 6.15. The molecule has 0 unspecified atom stereocenters. The Labute approximate surface area is 175 Å². The fourth-order valence-electron chi connectivity index (χ4n) is 3.09. The molecular weight excluding hydrogens is 376 g/mol. The molecule has 0 spiro atoms. The van der Waals surface area contributed by atoms with E-state index in [-0.39, 0.29) is 5.91 Å². The van der Waals surface area contributed by atoms with E-state index < -0.39 is 0 Å². The second-order valence-electron chi connectivity index (χ2n) is 6.90. The average molecular weight is 398 g/mol. The van der Waals surface area contributed by atoms with Crippen molar-refractivity contribution in [2.45, 2.75) is 19.7 Å². The van der Waals surface area contributed by atoms with E-state index in [0.717, 1.165) is 16.7 Å². The summed E-state index contributed by atoms with van der Waals surface area (Å²) in [5.41, 5.74) is 3.78. The lowest BCUT2D eigenvalue weighted by Gasteiger charge is -2.10. The predicted molar refractivity (Wildman–Crippen MR) is 114 cm³/mol. The third-order valence-electron chi connectivity index (χ3n) is 4.60. The number of hydrogen-bond acceptors (Lipinski definition) is 4. The zero-order valence-electron chi connectivity index (χ0n) is 16.4. The quantitative estimate of drug-likeness (QED) is 0.490. The fraction of sp³-hybridized carbons (Fsp3) is 0.125. The first kappa shape index (κ1) is 19.4. The van der Waals surface area contributed by atoms with Gasteiger partial charge in [-0.05, 0) is 34.9 Å². The summed E-state index contributed by atoms with van der Waals surface area (Å²) in [6.07, 6.45) is 3.20. The molecule has 1 amide bonds. The second-order valence-corrected chi connectivity index (χ2v) is 6.90. The molecule has 6 heteroatoms. The van der Waals surface area contributed by atoms with Crippen LogP contribution in [0.3, 0.4) is 0 Å². The summed E-state index contributed by atoms with van der Waals surface area (Å²) in [7, 11) is 0. The van der Waals surface area contributed by atoms with Crippen LogP contribution in [0.5, 0.6) is 5.75 Å². The summed E-state index contributed by atoms with van der Waals surface area (Å²) in [4.78, 5) is 16.6. The van der Waals surface area contributed by atoms with Crippen molar-refractivity contribution in [1.29, 1.82) is 0 Å². The predicted octanol–water partition coefficient (Wildman–Crippen LogP) is 3.84. The highest BCUT2D eigenvalue weighted by atomic mass is 16.5. The van der Waals surface area contributed by atoms with Crippen LogP contribution >= 0.6 is 0 Å². The van der Waals surface area contributed by atoms with Crippen LogP contribution in [0.25, 0.3) is 0 Å². The molecule has 6 nitrogen and oxygen atoms in total. The molecule has 0 saturated carbocycles. The lowest BCUT2D eigenvalue weighted by molar-refractivity contribution is 0.0950. The molecule has 0 aliphatic rings. The molecule has 0 aliphatic carbocycles. The fourth-order valence-corrected chi connectivity index (χ4v) is 3.09. The van der Waals surface area contributed by atoms with Gasteiger partial charge in [0.2, 0.25) is 0 Å². The summed E-state index contributed by atoms with van der Waals surface area (Å²) in [6.45, 7) is 1.55. The number of ether oxygens (including phenoxy) is 1. The van der Waals surface area contributed by atoms with Crippen LogP contribution in [0.4, 0.5) is 0 Å². The van der Waals surface area contributed by atoms with Gasteiger partial charge in [-0.15, -0.1) is 0 Å². The van der Waals surface area contributed by atoms with Crippen molar-refractivity contribution in [2.24, 2.45) is 0 Å². The van der Waals surface area contributed by atoms with E-state index in [1.54, 1.807) is 23.1 Å². The Morgan fingerprint density at radius 3 is 2.53 bits per heavy atom. The largest absolute Gasteiger partial charge is 0.489 e. The Morgan fingerprint density at radius 1 is 0.900 bits per heavy atom. The van der Waals surface area contributed by atoms with E-state index in [9.17, 15) is 4.79 Å². The van der Waals surface area contributed by atoms with Crippen molar-refractivity contribution in [3.05, 3.63) is 114 Å². The van der Waals surface area contributed by atoms with Crippen LogP contribution in [0.15, 0.2) is 91.5 Å². The standard InChI is InChI=1S/C24H22N4O2/c29-24(22-10-5-11-23(13-22)30-16-19-6-2-1-3-7-19)26-14-20-8-4-9-21(12-20)15-28-18-25-17-27-28/h1-13,17-18H,14-16H2,(H,26,29). The maximum atomic E-state index is 12.6. The van der Waals surface area contributed by atoms with Crippen molar-refractivity contribution in [2.75, 3.05) is 0 Å². The van der Waals surface area contributed by atoms with Crippen molar-refractivity contribution in [1.82, 2.24) is 20.1 Å². The lowest BCUT2D eigenvalue weighted by Crippen LogP contribution is -2.22. The van der Waals surface area contributed by atoms with Gasteiger partial charge < -0.3 is 10.1 Å². The van der Waals surface area contributed by atoms with Gasteiger partial charge in [0.05, 0.1) is 6.54 Å². The summed E-state index contributed by atoms with van der Waals surface area (Å²) in [5.74, 6) is 0.531. The Balaban J connectivity index is 1.34. The SMILES string of the molecule is O=C(NCc1cccc(Cn2cncn2)c1)c1cccc(OCc2ccccc2)c1. The van der Waals surface area contributed by atoms with Gasteiger partial charge in [0.25, 0.3) is 5.91 Å². The van der Waals surface area contributed by atoms with E-state index in [4.69, 9.17) is 4.74 Å². The molecule has 4 aromatic rings. The zero-order valence-corrected chi connectivity index (χ0v) is 16.4. The third-order valence-corrected chi connectivity index (χ3v) is 4.60. The number of nitrogens with zero attached hydrogens (tertiary/aromatic N) is 3. The minimum absolute atomic E-state index is 0.137. The molecule has 0 atom stereocenters. The number of carbonyl (C=O) groups is 1. The van der Waals surface area contributed by atoms with E-state index in [0.29, 0.717) is 31.0 Å². The highest BCUT2D eigenvalue weighted by Crippen LogP contribution is 2.15. The number of benzene rings is 3. The van der Waals surface area contributed by atoms with Gasteiger partial charge in [-0.3, -0.25) is 4.79 Å². The maximum absolute atomic E-state index is 12.6. The third kappa shape index (κ3) is 5.32. The molecule has 0 fully saturated rings. The topological polar surface area (TPSA) is 69.0 Å². The van der Waals surface area contributed by atoms with Gasteiger partial charge in [-0.2, -0.15) is 5.10 Å². The molecule has 1 aromatic heterocycles. The number of nitrogens with one attached hydrogen (secondary N) is 1. The monoisotopic (exact) mass is 398 g/mol.